The summed E-state index contributed by atoms with van der Waals surface area (Å²) in [7, 11) is 0. The molecular weight excluding hydrogens is 318 g/mol. The van der Waals surface area contributed by atoms with E-state index in [-0.39, 0.29) is 19.3 Å². The van der Waals surface area contributed by atoms with Crippen molar-refractivity contribution >= 4 is 5.91 Å². The molecule has 1 aromatic carbocycles. The van der Waals surface area contributed by atoms with Crippen LogP contribution in [0.25, 0.3) is 0 Å². The molecule has 5 aliphatic rings. The fourth-order valence-electron chi connectivity index (χ4n) is 5.96. The molecule has 4 bridgehead atoms. The lowest BCUT2D eigenvalue weighted by atomic mass is 9.49. The molecule has 0 saturated heterocycles. The van der Waals surface area contributed by atoms with Crippen LogP contribution in [0.1, 0.15) is 38.5 Å². The fourth-order valence-corrected chi connectivity index (χ4v) is 5.96. The molecule has 0 spiro atoms. The zero-order valence-corrected chi connectivity index (χ0v) is 14.5. The highest BCUT2D eigenvalue weighted by Crippen LogP contribution is 2.59. The molecule has 4 saturated carbocycles. The van der Waals surface area contributed by atoms with E-state index in [1.54, 1.807) is 12.1 Å². The number of rotatable bonds is 5. The molecule has 4 aliphatic carbocycles. The van der Waals surface area contributed by atoms with Crippen molar-refractivity contribution in [1.29, 1.82) is 0 Å². The molecule has 1 heterocycles. The summed E-state index contributed by atoms with van der Waals surface area (Å²) in [4.78, 5) is 12.3. The van der Waals surface area contributed by atoms with Crippen LogP contribution in [-0.4, -0.2) is 25.9 Å². The lowest BCUT2D eigenvalue weighted by molar-refractivity contribution is -0.125. The fraction of sp³-hybridized carbons (Fsp3) is 0.650. The molecule has 1 amide bonds. The Labute approximate surface area is 148 Å². The van der Waals surface area contributed by atoms with Crippen LogP contribution in [0.15, 0.2) is 18.2 Å². The van der Waals surface area contributed by atoms with Crippen molar-refractivity contribution in [3.05, 3.63) is 18.2 Å². The van der Waals surface area contributed by atoms with Crippen LogP contribution in [0.2, 0.25) is 0 Å². The van der Waals surface area contributed by atoms with Crippen molar-refractivity contribution < 1.29 is 19.0 Å². The van der Waals surface area contributed by atoms with Gasteiger partial charge in [0.05, 0.1) is 0 Å². The third-order valence-corrected chi connectivity index (χ3v) is 6.54. The Balaban J connectivity index is 1.14. The quantitative estimate of drug-likeness (QED) is 0.892. The number of benzene rings is 1. The van der Waals surface area contributed by atoms with Crippen molar-refractivity contribution in [1.82, 2.24) is 5.32 Å². The molecule has 0 unspecified atom stereocenters. The highest BCUT2D eigenvalue weighted by atomic mass is 16.7. The first kappa shape index (κ1) is 15.4. The Kier molecular flexibility index (Phi) is 3.57. The number of hydrogen-bond donors (Lipinski definition) is 1. The van der Waals surface area contributed by atoms with Gasteiger partial charge in [0.15, 0.2) is 18.1 Å². The van der Waals surface area contributed by atoms with Gasteiger partial charge in [0, 0.05) is 12.6 Å². The lowest BCUT2D eigenvalue weighted by Gasteiger charge is -2.56. The maximum Gasteiger partial charge on any atom is 0.257 e. The third-order valence-electron chi connectivity index (χ3n) is 6.54. The number of ether oxygens (including phenoxy) is 3. The van der Waals surface area contributed by atoms with Gasteiger partial charge < -0.3 is 19.5 Å². The predicted molar refractivity (Wildman–Crippen MR) is 91.7 cm³/mol. The normalized spacial score (nSPS) is 34.2. The molecule has 134 valence electrons. The number of hydrogen-bond acceptors (Lipinski definition) is 4. The summed E-state index contributed by atoms with van der Waals surface area (Å²) in [6, 6.07) is 5.39. The number of carbonyl (C=O) groups is 1. The SMILES string of the molecule is O=C(COc1ccc2c(c1)OCO2)NCC12CC3CC(CC(C3)C1)C2. The van der Waals surface area contributed by atoms with Crippen LogP contribution in [0, 0.1) is 23.2 Å². The van der Waals surface area contributed by atoms with Crippen molar-refractivity contribution in [2.75, 3.05) is 19.9 Å². The molecule has 0 radical (unpaired) electrons. The molecule has 5 nitrogen and oxygen atoms in total. The Morgan fingerprint density at radius 3 is 2.48 bits per heavy atom. The molecule has 1 N–H and O–H groups in total. The van der Waals surface area contributed by atoms with Crippen LogP contribution in [-0.2, 0) is 4.79 Å². The zero-order chi connectivity index (χ0) is 16.9. The number of fused-ring (bicyclic) bond motifs is 1. The van der Waals surface area contributed by atoms with Crippen LogP contribution in [0.4, 0.5) is 0 Å². The Morgan fingerprint density at radius 2 is 1.76 bits per heavy atom. The summed E-state index contributed by atoms with van der Waals surface area (Å²) in [5.41, 5.74) is 0.364. The number of nitrogens with one attached hydrogen (secondary N) is 1. The highest BCUT2D eigenvalue weighted by Gasteiger charge is 2.50. The van der Waals surface area contributed by atoms with E-state index in [0.717, 1.165) is 30.0 Å². The van der Waals surface area contributed by atoms with Gasteiger partial charge in [0.1, 0.15) is 5.75 Å². The van der Waals surface area contributed by atoms with Gasteiger partial charge >= 0.3 is 0 Å². The highest BCUT2D eigenvalue weighted by molar-refractivity contribution is 5.77. The van der Waals surface area contributed by atoms with Crippen molar-refractivity contribution in [2.24, 2.45) is 23.2 Å². The summed E-state index contributed by atoms with van der Waals surface area (Å²) >= 11 is 0. The molecule has 4 fully saturated rings. The van der Waals surface area contributed by atoms with E-state index in [4.69, 9.17) is 14.2 Å². The van der Waals surface area contributed by atoms with Crippen LogP contribution in [0.3, 0.4) is 0 Å². The molecule has 1 aromatic rings. The van der Waals surface area contributed by atoms with E-state index in [1.165, 1.54) is 38.5 Å². The van der Waals surface area contributed by atoms with E-state index in [1.807, 2.05) is 6.07 Å². The van der Waals surface area contributed by atoms with Gasteiger partial charge in [-0.1, -0.05) is 0 Å². The average Bonchev–Trinajstić information content (AvgIpc) is 3.05. The Morgan fingerprint density at radius 1 is 1.08 bits per heavy atom. The minimum atomic E-state index is -0.0339. The molecular formula is C20H25NO4. The maximum atomic E-state index is 12.3. The topological polar surface area (TPSA) is 56.8 Å². The second kappa shape index (κ2) is 5.82. The standard InChI is InChI=1S/C20H25NO4/c22-19(10-23-16-1-2-17-18(6-16)25-12-24-17)21-11-20-7-13-3-14(8-20)5-15(4-13)9-20/h1-2,6,13-15H,3-5,7-12H2,(H,21,22). The summed E-state index contributed by atoms with van der Waals surface area (Å²) in [5, 5.41) is 3.14. The van der Waals surface area contributed by atoms with Gasteiger partial charge in [0.2, 0.25) is 6.79 Å². The second-order valence-electron chi connectivity index (χ2n) is 8.50. The first-order valence-electron chi connectivity index (χ1n) is 9.47. The summed E-state index contributed by atoms with van der Waals surface area (Å²) in [6.07, 6.45) is 8.22. The zero-order valence-electron chi connectivity index (χ0n) is 14.5. The van der Waals surface area contributed by atoms with Gasteiger partial charge in [-0.3, -0.25) is 4.79 Å². The van der Waals surface area contributed by atoms with Gasteiger partial charge in [-0.05, 0) is 73.8 Å². The summed E-state index contributed by atoms with van der Waals surface area (Å²) in [6.45, 7) is 1.11. The van der Waals surface area contributed by atoms with Crippen LogP contribution < -0.4 is 19.5 Å². The minimum absolute atomic E-state index is 0.0339. The number of amides is 1. The maximum absolute atomic E-state index is 12.3. The van der Waals surface area contributed by atoms with Gasteiger partial charge in [0.25, 0.3) is 5.91 Å². The Bertz CT molecular complexity index is 651. The van der Waals surface area contributed by atoms with Gasteiger partial charge in [-0.15, -0.1) is 0 Å². The molecule has 25 heavy (non-hydrogen) atoms. The minimum Gasteiger partial charge on any atom is -0.484 e. The van der Waals surface area contributed by atoms with Crippen LogP contribution >= 0.6 is 0 Å². The van der Waals surface area contributed by atoms with Gasteiger partial charge in [-0.2, -0.15) is 0 Å². The van der Waals surface area contributed by atoms with E-state index in [0.29, 0.717) is 16.9 Å². The smallest absolute Gasteiger partial charge is 0.257 e. The second-order valence-corrected chi connectivity index (χ2v) is 8.50. The van der Waals surface area contributed by atoms with Crippen molar-refractivity contribution in [3.63, 3.8) is 0 Å². The summed E-state index contributed by atoms with van der Waals surface area (Å²) < 4.78 is 16.2. The van der Waals surface area contributed by atoms with Crippen LogP contribution in [0.5, 0.6) is 17.2 Å². The van der Waals surface area contributed by atoms with E-state index in [2.05, 4.69) is 5.32 Å². The first-order chi connectivity index (χ1) is 12.2. The summed E-state index contributed by atoms with van der Waals surface area (Å²) in [5.74, 6) is 4.72. The van der Waals surface area contributed by atoms with Crippen molar-refractivity contribution in [2.45, 2.75) is 38.5 Å². The predicted octanol–water partition coefficient (Wildman–Crippen LogP) is 3.13. The van der Waals surface area contributed by atoms with E-state index >= 15 is 0 Å². The van der Waals surface area contributed by atoms with Gasteiger partial charge in [-0.25, -0.2) is 0 Å². The molecule has 1 aliphatic heterocycles. The third kappa shape index (κ3) is 2.94. The average molecular weight is 343 g/mol. The monoisotopic (exact) mass is 343 g/mol. The van der Waals surface area contributed by atoms with E-state index in [9.17, 15) is 4.79 Å². The molecule has 0 aromatic heterocycles. The number of carbonyl (C=O) groups excluding carboxylic acids is 1. The lowest BCUT2D eigenvalue weighted by Crippen LogP contribution is -2.51. The first-order valence-corrected chi connectivity index (χ1v) is 9.47. The van der Waals surface area contributed by atoms with E-state index < -0.39 is 0 Å². The van der Waals surface area contributed by atoms with Crippen molar-refractivity contribution in [3.8, 4) is 17.2 Å². The largest absolute Gasteiger partial charge is 0.484 e. The molecule has 5 heteroatoms. The Hall–Kier alpha value is -1.91. The molecule has 6 rings (SSSR count). The molecule has 0 atom stereocenters.